The number of hydrogen-bond acceptors (Lipinski definition) is 6. The second-order valence-electron chi connectivity index (χ2n) is 3.81. The lowest BCUT2D eigenvalue weighted by Crippen LogP contribution is -2.16. The van der Waals surface area contributed by atoms with Crippen LogP contribution in [-0.2, 0) is 0 Å². The average Bonchev–Trinajstić information content (AvgIpc) is 2.47. The van der Waals surface area contributed by atoms with Crippen molar-refractivity contribution in [1.82, 2.24) is 4.98 Å². The normalized spacial score (nSPS) is 11.2. The molecule has 0 saturated heterocycles. The average molecular weight is 292 g/mol. The largest absolute Gasteiger partial charge is 0.448 e. The summed E-state index contributed by atoms with van der Waals surface area (Å²) in [6.45, 7) is 0. The minimum atomic E-state index is -0.714. The Morgan fingerprint density at radius 3 is 2.86 bits per heavy atom. The number of pyridine rings is 1. The van der Waals surface area contributed by atoms with Crippen LogP contribution >= 0.6 is 0 Å². The highest BCUT2D eigenvalue weighted by Gasteiger charge is 2.19. The zero-order valence-corrected chi connectivity index (χ0v) is 10.4. The van der Waals surface area contributed by atoms with Crippen LogP contribution < -0.4 is 10.5 Å². The van der Waals surface area contributed by atoms with Gasteiger partial charge in [-0.3, -0.25) is 10.1 Å². The fourth-order valence-corrected chi connectivity index (χ4v) is 1.55. The van der Waals surface area contributed by atoms with E-state index in [1.165, 1.54) is 18.3 Å². The summed E-state index contributed by atoms with van der Waals surface area (Å²) in [5.41, 5.74) is 4.97. The lowest BCUT2D eigenvalue weighted by molar-refractivity contribution is -0.385. The molecule has 0 aliphatic rings. The number of oxime groups is 1. The van der Waals surface area contributed by atoms with Crippen LogP contribution in [0.4, 0.5) is 10.1 Å². The molecule has 0 unspecified atom stereocenters. The number of rotatable bonds is 4. The van der Waals surface area contributed by atoms with Crippen molar-refractivity contribution in [2.45, 2.75) is 0 Å². The molecule has 0 bridgehead atoms. The van der Waals surface area contributed by atoms with Crippen molar-refractivity contribution in [3.8, 4) is 11.5 Å². The molecule has 1 aromatic heterocycles. The van der Waals surface area contributed by atoms with Crippen LogP contribution in [-0.4, -0.2) is 21.0 Å². The summed E-state index contributed by atoms with van der Waals surface area (Å²) in [5, 5.41) is 22.3. The van der Waals surface area contributed by atoms with Crippen LogP contribution in [0.25, 0.3) is 0 Å². The smallest absolute Gasteiger partial charge is 0.311 e. The molecule has 1 aromatic carbocycles. The predicted octanol–water partition coefficient (Wildman–Crippen LogP) is 2.02. The highest BCUT2D eigenvalue weighted by atomic mass is 19.1. The van der Waals surface area contributed by atoms with Gasteiger partial charge in [-0.15, -0.1) is 0 Å². The van der Waals surface area contributed by atoms with Gasteiger partial charge in [0.05, 0.1) is 4.92 Å². The molecule has 2 aromatic rings. The molecule has 0 radical (unpaired) electrons. The lowest BCUT2D eigenvalue weighted by atomic mass is 10.2. The fourth-order valence-electron chi connectivity index (χ4n) is 1.55. The van der Waals surface area contributed by atoms with Gasteiger partial charge in [0, 0.05) is 18.3 Å². The molecule has 0 amide bonds. The molecule has 0 atom stereocenters. The monoisotopic (exact) mass is 292 g/mol. The van der Waals surface area contributed by atoms with Crippen molar-refractivity contribution in [1.29, 1.82) is 0 Å². The van der Waals surface area contributed by atoms with Gasteiger partial charge in [-0.1, -0.05) is 5.16 Å². The van der Waals surface area contributed by atoms with E-state index in [4.69, 9.17) is 15.7 Å². The molecular formula is C12H9FN4O4. The molecular weight excluding hydrogens is 283 g/mol. The van der Waals surface area contributed by atoms with Crippen molar-refractivity contribution in [3.63, 3.8) is 0 Å². The van der Waals surface area contributed by atoms with E-state index in [-0.39, 0.29) is 23.0 Å². The van der Waals surface area contributed by atoms with E-state index in [9.17, 15) is 14.5 Å². The van der Waals surface area contributed by atoms with Crippen LogP contribution in [0.1, 0.15) is 5.69 Å². The van der Waals surface area contributed by atoms with Gasteiger partial charge in [0.15, 0.2) is 17.3 Å². The number of aromatic nitrogens is 1. The van der Waals surface area contributed by atoms with E-state index in [2.05, 4.69) is 10.1 Å². The Kier molecular flexibility index (Phi) is 3.93. The molecule has 1 heterocycles. The SMILES string of the molecule is N/C(=N/O)c1ncccc1Oc1cc(F)ccc1[N+](=O)[O-]. The first-order valence-corrected chi connectivity index (χ1v) is 5.57. The first kappa shape index (κ1) is 14.2. The van der Waals surface area contributed by atoms with Gasteiger partial charge in [0.1, 0.15) is 5.82 Å². The summed E-state index contributed by atoms with van der Waals surface area (Å²) in [4.78, 5) is 14.0. The number of ether oxygens (including phenoxy) is 1. The summed E-state index contributed by atoms with van der Waals surface area (Å²) in [7, 11) is 0. The minimum absolute atomic E-state index is 0.0125. The third-order valence-electron chi connectivity index (χ3n) is 2.46. The second kappa shape index (κ2) is 5.82. The molecule has 21 heavy (non-hydrogen) atoms. The van der Waals surface area contributed by atoms with Gasteiger partial charge in [-0.05, 0) is 18.2 Å². The third-order valence-corrected chi connectivity index (χ3v) is 2.46. The zero-order chi connectivity index (χ0) is 15.4. The van der Waals surface area contributed by atoms with E-state index in [0.717, 1.165) is 18.2 Å². The topological polar surface area (TPSA) is 124 Å². The highest BCUT2D eigenvalue weighted by molar-refractivity contribution is 5.97. The van der Waals surface area contributed by atoms with Crippen LogP contribution in [0.5, 0.6) is 11.5 Å². The molecule has 2 rings (SSSR count). The summed E-state index contributed by atoms with van der Waals surface area (Å²) in [5.74, 6) is -1.38. The Hall–Kier alpha value is -3.23. The van der Waals surface area contributed by atoms with Gasteiger partial charge < -0.3 is 15.7 Å². The first-order chi connectivity index (χ1) is 10.0. The first-order valence-electron chi connectivity index (χ1n) is 5.57. The summed E-state index contributed by atoms with van der Waals surface area (Å²) in [6, 6.07) is 5.66. The Morgan fingerprint density at radius 2 is 2.19 bits per heavy atom. The quantitative estimate of drug-likeness (QED) is 0.292. The van der Waals surface area contributed by atoms with Crippen molar-refractivity contribution in [2.75, 3.05) is 0 Å². The Labute approximate surface area is 117 Å². The van der Waals surface area contributed by atoms with Crippen molar-refractivity contribution >= 4 is 11.5 Å². The van der Waals surface area contributed by atoms with Crippen LogP contribution in [0.2, 0.25) is 0 Å². The molecule has 0 aliphatic heterocycles. The van der Waals surface area contributed by atoms with E-state index < -0.39 is 16.4 Å². The number of nitro groups is 1. The van der Waals surface area contributed by atoms with Gasteiger partial charge in [-0.2, -0.15) is 0 Å². The van der Waals surface area contributed by atoms with Gasteiger partial charge >= 0.3 is 5.69 Å². The number of amidine groups is 1. The van der Waals surface area contributed by atoms with Crippen LogP contribution in [0, 0.1) is 15.9 Å². The molecule has 0 saturated carbocycles. The maximum absolute atomic E-state index is 13.2. The molecule has 108 valence electrons. The molecule has 0 spiro atoms. The Bertz CT molecular complexity index is 720. The van der Waals surface area contributed by atoms with Crippen LogP contribution in [0.3, 0.4) is 0 Å². The Morgan fingerprint density at radius 1 is 1.43 bits per heavy atom. The highest BCUT2D eigenvalue weighted by Crippen LogP contribution is 2.32. The molecule has 8 nitrogen and oxygen atoms in total. The number of nitrogens with two attached hydrogens (primary N) is 1. The number of hydrogen-bond donors (Lipinski definition) is 2. The molecule has 0 aliphatic carbocycles. The van der Waals surface area contributed by atoms with Crippen molar-refractivity contribution in [3.05, 3.63) is 58.2 Å². The number of nitrogens with zero attached hydrogens (tertiary/aromatic N) is 3. The van der Waals surface area contributed by atoms with E-state index in [1.54, 1.807) is 0 Å². The lowest BCUT2D eigenvalue weighted by Gasteiger charge is -2.09. The standard InChI is InChI=1S/C12H9FN4O4/c13-7-3-4-8(17(19)20)10(6-7)21-9-2-1-5-15-11(9)12(14)16-18/h1-6,18H,(H2,14,16). The number of nitro benzene ring substituents is 1. The second-order valence-corrected chi connectivity index (χ2v) is 3.81. The predicted molar refractivity (Wildman–Crippen MR) is 69.9 cm³/mol. The Balaban J connectivity index is 2.48. The summed E-state index contributed by atoms with van der Waals surface area (Å²) >= 11 is 0. The maximum atomic E-state index is 13.2. The van der Waals surface area contributed by atoms with Crippen LogP contribution in [0.15, 0.2) is 41.7 Å². The summed E-state index contributed by atoms with van der Waals surface area (Å²) < 4.78 is 18.5. The van der Waals surface area contributed by atoms with Crippen molar-refractivity contribution in [2.24, 2.45) is 10.9 Å². The third kappa shape index (κ3) is 3.03. The van der Waals surface area contributed by atoms with E-state index in [1.807, 2.05) is 0 Å². The molecule has 3 N–H and O–H groups in total. The summed E-state index contributed by atoms with van der Waals surface area (Å²) in [6.07, 6.45) is 1.36. The van der Waals surface area contributed by atoms with E-state index >= 15 is 0 Å². The molecule has 0 fully saturated rings. The number of halogens is 1. The van der Waals surface area contributed by atoms with E-state index in [0.29, 0.717) is 0 Å². The minimum Gasteiger partial charge on any atom is -0.448 e. The van der Waals surface area contributed by atoms with Gasteiger partial charge in [-0.25, -0.2) is 9.37 Å². The maximum Gasteiger partial charge on any atom is 0.311 e. The van der Waals surface area contributed by atoms with Crippen molar-refractivity contribution < 1.29 is 19.3 Å². The fraction of sp³-hybridized carbons (Fsp3) is 0. The zero-order valence-electron chi connectivity index (χ0n) is 10.4. The van der Waals surface area contributed by atoms with Gasteiger partial charge in [0.25, 0.3) is 0 Å². The molecule has 9 heteroatoms. The number of benzene rings is 1. The van der Waals surface area contributed by atoms with Gasteiger partial charge in [0.2, 0.25) is 5.75 Å².